The molecule has 3 heterocycles. The number of rotatable bonds is 5. The van der Waals surface area contributed by atoms with Gasteiger partial charge in [-0.15, -0.1) is 0 Å². The van der Waals surface area contributed by atoms with Gasteiger partial charge in [0.25, 0.3) is 5.91 Å². The summed E-state index contributed by atoms with van der Waals surface area (Å²) in [6.07, 6.45) is 9.04. The van der Waals surface area contributed by atoms with E-state index in [1.807, 2.05) is 71.6 Å². The second kappa shape index (κ2) is 7.11. The van der Waals surface area contributed by atoms with Gasteiger partial charge in [-0.1, -0.05) is 0 Å². The van der Waals surface area contributed by atoms with Gasteiger partial charge in [0.1, 0.15) is 5.76 Å². The predicted octanol–water partition coefficient (Wildman–Crippen LogP) is 4.06. The number of carbonyl (C=O) groups excluding carboxylic acids is 1. The van der Waals surface area contributed by atoms with Gasteiger partial charge in [-0.25, -0.2) is 0 Å². The lowest BCUT2D eigenvalue weighted by Crippen LogP contribution is -2.22. The van der Waals surface area contributed by atoms with Gasteiger partial charge in [0.05, 0.1) is 6.26 Å². The van der Waals surface area contributed by atoms with Gasteiger partial charge in [0, 0.05) is 48.1 Å². The fraction of sp³-hybridized carbons (Fsp3) is 0.0476. The molecule has 0 aliphatic rings. The summed E-state index contributed by atoms with van der Waals surface area (Å²) in [5, 5.41) is 2.93. The Morgan fingerprint density at radius 2 is 1.85 bits per heavy atom. The summed E-state index contributed by atoms with van der Waals surface area (Å²) in [4.78, 5) is 16.6. The topological polar surface area (TPSA) is 60.1 Å². The van der Waals surface area contributed by atoms with Crippen molar-refractivity contribution in [1.82, 2.24) is 14.9 Å². The van der Waals surface area contributed by atoms with Crippen molar-refractivity contribution < 1.29 is 9.21 Å². The Bertz CT molecular complexity index is 988. The Morgan fingerprint density at radius 3 is 2.58 bits per heavy atom. The highest BCUT2D eigenvalue weighted by molar-refractivity contribution is 5.94. The van der Waals surface area contributed by atoms with E-state index >= 15 is 0 Å². The van der Waals surface area contributed by atoms with Crippen LogP contribution in [-0.2, 0) is 6.54 Å². The molecule has 0 atom stereocenters. The lowest BCUT2D eigenvalue weighted by atomic mass is 10.1. The van der Waals surface area contributed by atoms with Crippen LogP contribution in [0.25, 0.3) is 17.0 Å². The zero-order valence-electron chi connectivity index (χ0n) is 14.0. The average molecular weight is 343 g/mol. The molecule has 5 nitrogen and oxygen atoms in total. The van der Waals surface area contributed by atoms with Crippen molar-refractivity contribution in [2.24, 2.45) is 0 Å². The highest BCUT2D eigenvalue weighted by Gasteiger charge is 2.07. The molecule has 26 heavy (non-hydrogen) atoms. The third-order valence-electron chi connectivity index (χ3n) is 4.09. The summed E-state index contributed by atoms with van der Waals surface area (Å²) in [7, 11) is 0. The Kier molecular flexibility index (Phi) is 4.35. The lowest BCUT2D eigenvalue weighted by Gasteiger charge is -2.08. The van der Waals surface area contributed by atoms with Gasteiger partial charge in [-0.2, -0.15) is 0 Å². The molecule has 0 unspecified atom stereocenters. The number of pyridine rings is 1. The smallest absolute Gasteiger partial charge is 0.251 e. The number of amides is 1. The van der Waals surface area contributed by atoms with Crippen LogP contribution in [0, 0.1) is 0 Å². The third kappa shape index (κ3) is 3.42. The fourth-order valence-electron chi connectivity index (χ4n) is 2.74. The van der Waals surface area contributed by atoms with Crippen LogP contribution in [0.1, 0.15) is 15.9 Å². The Morgan fingerprint density at radius 1 is 1.04 bits per heavy atom. The molecule has 4 rings (SSSR count). The number of nitrogens with zero attached hydrogens (tertiary/aromatic N) is 2. The van der Waals surface area contributed by atoms with Crippen molar-refractivity contribution in [3.05, 3.63) is 96.8 Å². The minimum atomic E-state index is -0.118. The second-order valence-electron chi connectivity index (χ2n) is 5.88. The van der Waals surface area contributed by atoms with E-state index in [0.29, 0.717) is 12.1 Å². The highest BCUT2D eigenvalue weighted by Crippen LogP contribution is 2.19. The molecule has 128 valence electrons. The Hall–Kier alpha value is -3.60. The van der Waals surface area contributed by atoms with Crippen LogP contribution < -0.4 is 5.32 Å². The lowest BCUT2D eigenvalue weighted by molar-refractivity contribution is 0.0951. The Labute approximate surface area is 150 Å². The van der Waals surface area contributed by atoms with E-state index in [-0.39, 0.29) is 5.91 Å². The van der Waals surface area contributed by atoms with Crippen LogP contribution in [0.3, 0.4) is 0 Å². The van der Waals surface area contributed by atoms with Crippen LogP contribution in [0.4, 0.5) is 0 Å². The normalized spacial score (nSPS) is 10.6. The summed E-state index contributed by atoms with van der Waals surface area (Å²) >= 11 is 0. The Balaban J connectivity index is 1.42. The van der Waals surface area contributed by atoms with Crippen molar-refractivity contribution in [2.45, 2.75) is 6.54 Å². The molecular formula is C21H17N3O2. The van der Waals surface area contributed by atoms with E-state index in [2.05, 4.69) is 10.3 Å². The summed E-state index contributed by atoms with van der Waals surface area (Å²) in [6.45, 7) is 0.403. The number of nitrogens with one attached hydrogen (secondary N) is 1. The van der Waals surface area contributed by atoms with Crippen molar-refractivity contribution in [1.29, 1.82) is 0 Å². The maximum Gasteiger partial charge on any atom is 0.251 e. The third-order valence-corrected chi connectivity index (χ3v) is 4.09. The zero-order valence-corrected chi connectivity index (χ0v) is 14.0. The van der Waals surface area contributed by atoms with E-state index in [1.165, 1.54) is 0 Å². The van der Waals surface area contributed by atoms with E-state index in [1.54, 1.807) is 18.7 Å². The molecule has 1 aromatic carbocycles. The van der Waals surface area contributed by atoms with Gasteiger partial charge in [0.2, 0.25) is 0 Å². The maximum absolute atomic E-state index is 12.4. The average Bonchev–Trinajstić information content (AvgIpc) is 3.40. The molecule has 0 spiro atoms. The molecule has 5 heteroatoms. The number of carbonyl (C=O) groups is 1. The first-order valence-corrected chi connectivity index (χ1v) is 8.29. The van der Waals surface area contributed by atoms with Gasteiger partial charge in [-0.3, -0.25) is 9.78 Å². The van der Waals surface area contributed by atoms with Gasteiger partial charge in [0.15, 0.2) is 0 Å². The van der Waals surface area contributed by atoms with E-state index in [4.69, 9.17) is 4.42 Å². The second-order valence-corrected chi connectivity index (χ2v) is 5.88. The molecular weight excluding hydrogens is 326 g/mol. The molecule has 4 aromatic rings. The van der Waals surface area contributed by atoms with Crippen LogP contribution in [0.15, 0.2) is 90.1 Å². The number of hydrogen-bond acceptors (Lipinski definition) is 3. The first kappa shape index (κ1) is 15.9. The van der Waals surface area contributed by atoms with E-state index in [9.17, 15) is 4.79 Å². The molecule has 3 aromatic heterocycles. The largest absolute Gasteiger partial charge is 0.464 e. The van der Waals surface area contributed by atoms with Gasteiger partial charge >= 0.3 is 0 Å². The van der Waals surface area contributed by atoms with Gasteiger partial charge < -0.3 is 14.3 Å². The number of aromatic nitrogens is 2. The number of benzene rings is 1. The molecule has 0 bridgehead atoms. The highest BCUT2D eigenvalue weighted by atomic mass is 16.3. The first-order chi connectivity index (χ1) is 12.8. The molecule has 0 saturated carbocycles. The summed E-state index contributed by atoms with van der Waals surface area (Å²) in [5.74, 6) is 0.638. The van der Waals surface area contributed by atoms with Crippen LogP contribution >= 0.6 is 0 Å². The minimum Gasteiger partial charge on any atom is -0.464 e. The standard InChI is InChI=1S/C21H17N3O2/c25-21(17-5-7-19(8-6-17)24-9-1-2-10-24)23-14-16-12-18(15-22-13-16)20-4-3-11-26-20/h1-13,15H,14H2,(H,23,25). The van der Waals surface area contributed by atoms with Crippen LogP contribution in [0.5, 0.6) is 0 Å². The van der Waals surface area contributed by atoms with Crippen molar-refractivity contribution in [3.63, 3.8) is 0 Å². The van der Waals surface area contributed by atoms with E-state index < -0.39 is 0 Å². The minimum absolute atomic E-state index is 0.118. The van der Waals surface area contributed by atoms with Crippen molar-refractivity contribution >= 4 is 5.91 Å². The van der Waals surface area contributed by atoms with Gasteiger partial charge in [-0.05, 0) is 60.2 Å². The zero-order chi connectivity index (χ0) is 17.8. The quantitative estimate of drug-likeness (QED) is 0.594. The molecule has 0 radical (unpaired) electrons. The molecule has 0 saturated heterocycles. The monoisotopic (exact) mass is 343 g/mol. The molecule has 0 fully saturated rings. The van der Waals surface area contributed by atoms with Crippen LogP contribution in [0.2, 0.25) is 0 Å². The molecule has 0 aliphatic heterocycles. The summed E-state index contributed by atoms with van der Waals surface area (Å²) < 4.78 is 7.38. The molecule has 1 amide bonds. The fourth-order valence-corrected chi connectivity index (χ4v) is 2.74. The van der Waals surface area contributed by atoms with Crippen LogP contribution in [-0.4, -0.2) is 15.5 Å². The molecule has 0 aliphatic carbocycles. The van der Waals surface area contributed by atoms with E-state index in [0.717, 1.165) is 22.6 Å². The first-order valence-electron chi connectivity index (χ1n) is 8.29. The summed E-state index contributed by atoms with van der Waals surface area (Å²) in [5.41, 5.74) is 3.44. The molecule has 1 N–H and O–H groups in total. The van der Waals surface area contributed by atoms with Crippen molar-refractivity contribution in [2.75, 3.05) is 0 Å². The number of hydrogen-bond donors (Lipinski definition) is 1. The summed E-state index contributed by atoms with van der Waals surface area (Å²) in [6, 6.07) is 17.1. The maximum atomic E-state index is 12.4. The van der Waals surface area contributed by atoms with Crippen molar-refractivity contribution in [3.8, 4) is 17.0 Å². The SMILES string of the molecule is O=C(NCc1cncc(-c2ccco2)c1)c1ccc(-n2cccc2)cc1. The predicted molar refractivity (Wildman–Crippen MR) is 98.9 cm³/mol. The number of furan rings is 1.